The third kappa shape index (κ3) is 1.88. The van der Waals surface area contributed by atoms with Crippen molar-refractivity contribution in [2.45, 2.75) is 19.5 Å². The van der Waals surface area contributed by atoms with Gasteiger partial charge in [0.15, 0.2) is 6.29 Å². The fraction of sp³-hybridized carbons (Fsp3) is 0.300. The summed E-state index contributed by atoms with van der Waals surface area (Å²) in [7, 11) is 0. The molecule has 2 aromatic rings. The number of nitrogens with zero attached hydrogens (tertiary/aromatic N) is 3. The van der Waals surface area contributed by atoms with E-state index in [1.54, 1.807) is 6.92 Å². The molecule has 0 atom stereocenters. The Morgan fingerprint density at radius 1 is 1.47 bits per heavy atom. The molecule has 0 saturated heterocycles. The van der Waals surface area contributed by atoms with Gasteiger partial charge in [0.25, 0.3) is 0 Å². The quantitative estimate of drug-likeness (QED) is 0.759. The van der Waals surface area contributed by atoms with E-state index in [4.69, 9.17) is 0 Å². The van der Waals surface area contributed by atoms with E-state index in [1.807, 2.05) is 0 Å². The summed E-state index contributed by atoms with van der Waals surface area (Å²) in [4.78, 5) is 18.2. The first kappa shape index (κ1) is 11.6. The van der Waals surface area contributed by atoms with Crippen molar-refractivity contribution in [3.8, 4) is 0 Å². The summed E-state index contributed by atoms with van der Waals surface area (Å²) in [6, 6.07) is 0. The minimum absolute atomic E-state index is 0.0944. The van der Waals surface area contributed by atoms with Gasteiger partial charge < -0.3 is 0 Å². The van der Waals surface area contributed by atoms with Crippen LogP contribution in [-0.2, 0) is 12.6 Å². The highest BCUT2D eigenvalue weighted by molar-refractivity contribution is 5.75. The maximum Gasteiger partial charge on any atom is 0.419 e. The van der Waals surface area contributed by atoms with Gasteiger partial charge in [-0.1, -0.05) is 6.92 Å². The van der Waals surface area contributed by atoms with E-state index in [1.165, 1.54) is 4.40 Å². The molecule has 4 nitrogen and oxygen atoms in total. The second-order valence-corrected chi connectivity index (χ2v) is 3.43. The van der Waals surface area contributed by atoms with Gasteiger partial charge in [-0.25, -0.2) is 9.97 Å². The molecule has 0 aliphatic heterocycles. The topological polar surface area (TPSA) is 47.3 Å². The third-order valence-corrected chi connectivity index (χ3v) is 2.38. The zero-order chi connectivity index (χ0) is 12.6. The molecule has 0 spiro atoms. The van der Waals surface area contributed by atoms with Crippen LogP contribution in [0.5, 0.6) is 0 Å². The zero-order valence-electron chi connectivity index (χ0n) is 8.82. The van der Waals surface area contributed by atoms with Crippen molar-refractivity contribution >= 4 is 12.1 Å². The summed E-state index contributed by atoms with van der Waals surface area (Å²) in [6.07, 6.45) is -1.94. The van der Waals surface area contributed by atoms with Crippen LogP contribution in [0.3, 0.4) is 0 Å². The number of aromatic nitrogens is 3. The number of carbonyl (C=O) groups excluding carboxylic acids is 1. The van der Waals surface area contributed by atoms with Gasteiger partial charge in [-0.3, -0.25) is 9.20 Å². The maximum absolute atomic E-state index is 12.5. The van der Waals surface area contributed by atoms with Crippen LogP contribution in [0.1, 0.15) is 28.7 Å². The molecule has 0 aliphatic carbocycles. The van der Waals surface area contributed by atoms with Crippen molar-refractivity contribution in [2.24, 2.45) is 0 Å². The van der Waals surface area contributed by atoms with Gasteiger partial charge in [-0.05, 0) is 6.42 Å². The predicted octanol–water partition coefficient (Wildman–Crippen LogP) is 2.12. The summed E-state index contributed by atoms with van der Waals surface area (Å²) in [6.45, 7) is 1.73. The van der Waals surface area contributed by atoms with Crippen LogP contribution in [0.25, 0.3) is 5.78 Å². The molecule has 0 N–H and O–H groups in total. The third-order valence-electron chi connectivity index (χ3n) is 2.38. The number of imidazole rings is 1. The Balaban J connectivity index is 2.71. The number of alkyl halides is 3. The molecule has 0 amide bonds. The van der Waals surface area contributed by atoms with Gasteiger partial charge in [0.2, 0.25) is 5.78 Å². The van der Waals surface area contributed by atoms with E-state index in [-0.39, 0.29) is 11.5 Å². The number of fused-ring (bicyclic) bond motifs is 1. The average molecular weight is 243 g/mol. The molecule has 0 bridgehead atoms. The van der Waals surface area contributed by atoms with Crippen molar-refractivity contribution in [1.82, 2.24) is 14.4 Å². The standard InChI is InChI=1S/C10H8F3N3O/c1-2-8-7(5-17)15-9-14-3-6(4-16(8)9)10(11,12)13/h3-5H,2H2,1H3. The van der Waals surface area contributed by atoms with Gasteiger partial charge in [0.1, 0.15) is 5.69 Å². The van der Waals surface area contributed by atoms with Gasteiger partial charge in [0.05, 0.1) is 11.3 Å². The first-order chi connectivity index (χ1) is 7.97. The molecule has 2 heterocycles. The Morgan fingerprint density at radius 2 is 2.18 bits per heavy atom. The highest BCUT2D eigenvalue weighted by Gasteiger charge is 2.32. The van der Waals surface area contributed by atoms with Crippen LogP contribution in [0, 0.1) is 0 Å². The highest BCUT2D eigenvalue weighted by atomic mass is 19.4. The largest absolute Gasteiger partial charge is 0.419 e. The Bertz CT molecular complexity index is 574. The van der Waals surface area contributed by atoms with Gasteiger partial charge in [-0.15, -0.1) is 0 Å². The molecule has 0 radical (unpaired) electrons. The highest BCUT2D eigenvalue weighted by Crippen LogP contribution is 2.28. The first-order valence-corrected chi connectivity index (χ1v) is 4.86. The number of aryl methyl sites for hydroxylation is 1. The van der Waals surface area contributed by atoms with Crippen LogP contribution in [0.2, 0.25) is 0 Å². The van der Waals surface area contributed by atoms with Crippen LogP contribution in [-0.4, -0.2) is 20.7 Å². The number of halogens is 3. The number of hydrogen-bond acceptors (Lipinski definition) is 3. The Hall–Kier alpha value is -1.92. The monoisotopic (exact) mass is 243 g/mol. The van der Waals surface area contributed by atoms with Crippen LogP contribution in [0.4, 0.5) is 13.2 Å². The van der Waals surface area contributed by atoms with Crippen molar-refractivity contribution in [3.63, 3.8) is 0 Å². The Kier molecular flexibility index (Phi) is 2.60. The lowest BCUT2D eigenvalue weighted by atomic mass is 10.2. The molecule has 17 heavy (non-hydrogen) atoms. The van der Waals surface area contributed by atoms with E-state index in [2.05, 4.69) is 9.97 Å². The van der Waals surface area contributed by atoms with E-state index < -0.39 is 11.7 Å². The van der Waals surface area contributed by atoms with Crippen molar-refractivity contribution in [1.29, 1.82) is 0 Å². The molecular weight excluding hydrogens is 235 g/mol. The molecule has 0 fully saturated rings. The van der Waals surface area contributed by atoms with E-state index in [9.17, 15) is 18.0 Å². The minimum atomic E-state index is -4.46. The summed E-state index contributed by atoms with van der Waals surface area (Å²) in [5.74, 6) is 0.0944. The van der Waals surface area contributed by atoms with Crippen LogP contribution < -0.4 is 0 Å². The van der Waals surface area contributed by atoms with E-state index >= 15 is 0 Å². The Morgan fingerprint density at radius 3 is 2.71 bits per heavy atom. The predicted molar refractivity (Wildman–Crippen MR) is 52.8 cm³/mol. The van der Waals surface area contributed by atoms with Crippen LogP contribution >= 0.6 is 0 Å². The number of carbonyl (C=O) groups is 1. The molecule has 7 heteroatoms. The fourth-order valence-corrected chi connectivity index (χ4v) is 1.59. The number of rotatable bonds is 2. The molecule has 0 unspecified atom stereocenters. The van der Waals surface area contributed by atoms with Gasteiger partial charge in [-0.2, -0.15) is 13.2 Å². The smallest absolute Gasteiger partial charge is 0.296 e. The SMILES string of the molecule is CCc1c(C=O)nc2ncc(C(F)(F)F)cn12. The first-order valence-electron chi connectivity index (χ1n) is 4.86. The van der Waals surface area contributed by atoms with Gasteiger partial charge in [0, 0.05) is 12.4 Å². The normalized spacial score (nSPS) is 12.0. The maximum atomic E-state index is 12.5. The van der Waals surface area contributed by atoms with E-state index in [0.29, 0.717) is 24.6 Å². The Labute approximate surface area is 94.1 Å². The molecule has 0 aromatic carbocycles. The molecule has 2 rings (SSSR count). The molecule has 2 aromatic heterocycles. The fourth-order valence-electron chi connectivity index (χ4n) is 1.59. The van der Waals surface area contributed by atoms with Crippen LogP contribution in [0.15, 0.2) is 12.4 Å². The molecule has 0 saturated carbocycles. The molecule has 90 valence electrons. The number of hydrogen-bond donors (Lipinski definition) is 0. The van der Waals surface area contributed by atoms with Crippen molar-refractivity contribution in [2.75, 3.05) is 0 Å². The molecule has 0 aliphatic rings. The summed E-state index contributed by atoms with van der Waals surface area (Å²) in [5.41, 5.74) is -0.317. The average Bonchev–Trinajstić information content (AvgIpc) is 2.64. The summed E-state index contributed by atoms with van der Waals surface area (Å²) >= 11 is 0. The summed E-state index contributed by atoms with van der Waals surface area (Å²) in [5, 5.41) is 0. The van der Waals surface area contributed by atoms with Crippen molar-refractivity contribution in [3.05, 3.63) is 29.3 Å². The minimum Gasteiger partial charge on any atom is -0.296 e. The van der Waals surface area contributed by atoms with Gasteiger partial charge >= 0.3 is 6.18 Å². The lowest BCUT2D eigenvalue weighted by Gasteiger charge is -2.06. The second-order valence-electron chi connectivity index (χ2n) is 3.43. The number of aldehydes is 1. The van der Waals surface area contributed by atoms with E-state index in [0.717, 1.165) is 6.20 Å². The zero-order valence-corrected chi connectivity index (χ0v) is 8.82. The lowest BCUT2D eigenvalue weighted by Crippen LogP contribution is -2.08. The lowest BCUT2D eigenvalue weighted by molar-refractivity contribution is -0.138. The summed E-state index contributed by atoms with van der Waals surface area (Å²) < 4.78 is 38.7. The van der Waals surface area contributed by atoms with Crippen molar-refractivity contribution < 1.29 is 18.0 Å². The second kappa shape index (κ2) is 3.83. The molecular formula is C10H8F3N3O.